The maximum absolute atomic E-state index is 12.8. The van der Waals surface area contributed by atoms with Crippen LogP contribution >= 0.6 is 0 Å². The maximum Gasteiger partial charge on any atom is 0.328 e. The first kappa shape index (κ1) is 27.4. The van der Waals surface area contributed by atoms with Gasteiger partial charge in [-0.15, -0.1) is 0 Å². The summed E-state index contributed by atoms with van der Waals surface area (Å²) in [7, 11) is 1.65. The van der Waals surface area contributed by atoms with Crippen molar-refractivity contribution in [1.29, 1.82) is 0 Å². The summed E-state index contributed by atoms with van der Waals surface area (Å²) < 4.78 is 6.48. The Morgan fingerprint density at radius 1 is 1.03 bits per heavy atom. The number of aryl methyl sites for hydroxylation is 2. The molecular formula is C29H33N3O5. The van der Waals surface area contributed by atoms with E-state index in [1.54, 1.807) is 38.4 Å². The van der Waals surface area contributed by atoms with Crippen LogP contribution in [0, 0.1) is 6.92 Å². The van der Waals surface area contributed by atoms with Gasteiger partial charge in [0, 0.05) is 42.8 Å². The minimum absolute atomic E-state index is 0.154. The van der Waals surface area contributed by atoms with Crippen LogP contribution in [0.25, 0.3) is 0 Å². The van der Waals surface area contributed by atoms with Crippen LogP contribution in [0.1, 0.15) is 65.2 Å². The average molecular weight is 504 g/mol. The largest absolute Gasteiger partial charge is 0.464 e. The molecule has 0 bridgehead atoms. The first-order valence-corrected chi connectivity index (χ1v) is 12.3. The summed E-state index contributed by atoms with van der Waals surface area (Å²) in [6.07, 6.45) is 2.44. The van der Waals surface area contributed by atoms with Gasteiger partial charge in [0.1, 0.15) is 6.04 Å². The number of hydrogen-bond donors (Lipinski definition) is 2. The minimum atomic E-state index is -0.711. The van der Waals surface area contributed by atoms with Crippen LogP contribution in [0.5, 0.6) is 0 Å². The molecule has 8 heteroatoms. The highest BCUT2D eigenvalue weighted by atomic mass is 16.5. The number of oxime groups is 1. The van der Waals surface area contributed by atoms with Gasteiger partial charge in [-0.25, -0.2) is 4.79 Å². The van der Waals surface area contributed by atoms with E-state index in [2.05, 4.69) is 10.5 Å². The third kappa shape index (κ3) is 6.73. The summed E-state index contributed by atoms with van der Waals surface area (Å²) in [6, 6.07) is 17.5. The monoisotopic (exact) mass is 503 g/mol. The number of ether oxygens (including phenoxy) is 1. The van der Waals surface area contributed by atoms with E-state index in [-0.39, 0.29) is 24.0 Å². The van der Waals surface area contributed by atoms with Gasteiger partial charge in [0.2, 0.25) is 5.56 Å². The van der Waals surface area contributed by atoms with Crippen LogP contribution in [0.3, 0.4) is 0 Å². The first-order chi connectivity index (χ1) is 17.8. The molecule has 0 aliphatic heterocycles. The number of esters is 1. The van der Waals surface area contributed by atoms with Crippen molar-refractivity contribution in [2.45, 2.75) is 45.6 Å². The van der Waals surface area contributed by atoms with Gasteiger partial charge < -0.3 is 19.8 Å². The predicted octanol–water partition coefficient (Wildman–Crippen LogP) is 4.17. The van der Waals surface area contributed by atoms with Gasteiger partial charge in [-0.2, -0.15) is 0 Å². The van der Waals surface area contributed by atoms with Gasteiger partial charge in [-0.3, -0.25) is 9.59 Å². The van der Waals surface area contributed by atoms with E-state index in [1.165, 1.54) is 10.6 Å². The van der Waals surface area contributed by atoms with Crippen molar-refractivity contribution in [3.63, 3.8) is 0 Å². The van der Waals surface area contributed by atoms with Gasteiger partial charge >= 0.3 is 5.97 Å². The average Bonchev–Trinajstić information content (AvgIpc) is 2.90. The molecule has 3 aromatic rings. The van der Waals surface area contributed by atoms with Gasteiger partial charge in [0.25, 0.3) is 5.91 Å². The number of benzene rings is 2. The SMILES string of the molecule is CCOC(=O)C(CC)NC(=O)c1ccc(C(C/C(=N\O)c2ccc(=O)n(C)c2)c2ccccc2C)cc1. The van der Waals surface area contributed by atoms with Gasteiger partial charge in [-0.05, 0) is 55.2 Å². The molecule has 2 unspecified atom stereocenters. The topological polar surface area (TPSA) is 110 Å². The number of amides is 1. The highest BCUT2D eigenvalue weighted by molar-refractivity contribution is 6.00. The van der Waals surface area contributed by atoms with Crippen molar-refractivity contribution in [3.05, 3.63) is 105 Å². The summed E-state index contributed by atoms with van der Waals surface area (Å²) in [5.41, 5.74) is 4.40. The molecule has 2 N–H and O–H groups in total. The lowest BCUT2D eigenvalue weighted by atomic mass is 9.83. The van der Waals surface area contributed by atoms with Crippen molar-refractivity contribution in [2.24, 2.45) is 12.2 Å². The van der Waals surface area contributed by atoms with Gasteiger partial charge in [0.05, 0.1) is 12.3 Å². The Kier molecular flexibility index (Phi) is 9.38. The van der Waals surface area contributed by atoms with Gasteiger partial charge in [0.15, 0.2) is 0 Å². The van der Waals surface area contributed by atoms with Crippen LogP contribution < -0.4 is 10.9 Å². The number of hydrogen-bond acceptors (Lipinski definition) is 6. The first-order valence-electron chi connectivity index (χ1n) is 12.3. The number of pyridine rings is 1. The van der Waals surface area contributed by atoms with Crippen LogP contribution in [0.4, 0.5) is 0 Å². The fourth-order valence-electron chi connectivity index (χ4n) is 4.24. The molecule has 1 heterocycles. The summed E-state index contributed by atoms with van der Waals surface area (Å²) in [6.45, 7) is 5.80. The fourth-order valence-corrected chi connectivity index (χ4v) is 4.24. The third-order valence-electron chi connectivity index (χ3n) is 6.36. The Balaban J connectivity index is 1.91. The Morgan fingerprint density at radius 2 is 1.70 bits per heavy atom. The molecule has 0 aliphatic rings. The van der Waals surface area contributed by atoms with E-state index >= 15 is 0 Å². The highest BCUT2D eigenvalue weighted by Crippen LogP contribution is 2.32. The summed E-state index contributed by atoms with van der Waals surface area (Å²) in [4.78, 5) is 36.7. The molecular weight excluding hydrogens is 470 g/mol. The zero-order chi connectivity index (χ0) is 26.9. The number of aromatic nitrogens is 1. The molecule has 0 fully saturated rings. The smallest absolute Gasteiger partial charge is 0.328 e. The van der Waals surface area contributed by atoms with Crippen LogP contribution in [-0.4, -0.2) is 40.0 Å². The van der Waals surface area contributed by atoms with Crippen LogP contribution in [-0.2, 0) is 16.6 Å². The molecule has 37 heavy (non-hydrogen) atoms. The van der Waals surface area contributed by atoms with Crippen molar-refractivity contribution >= 4 is 17.6 Å². The van der Waals surface area contributed by atoms with E-state index in [4.69, 9.17) is 4.74 Å². The zero-order valence-electron chi connectivity index (χ0n) is 21.6. The van der Waals surface area contributed by atoms with E-state index in [0.717, 1.165) is 16.7 Å². The molecule has 0 aliphatic carbocycles. The normalized spacial score (nSPS) is 13.0. The Morgan fingerprint density at radius 3 is 2.30 bits per heavy atom. The second kappa shape index (κ2) is 12.7. The molecule has 0 radical (unpaired) electrons. The van der Waals surface area contributed by atoms with E-state index < -0.39 is 12.0 Å². The summed E-state index contributed by atoms with van der Waals surface area (Å²) in [5, 5.41) is 16.2. The Bertz CT molecular complexity index is 1330. The van der Waals surface area contributed by atoms with Crippen molar-refractivity contribution in [2.75, 3.05) is 6.61 Å². The minimum Gasteiger partial charge on any atom is -0.464 e. The molecule has 0 saturated carbocycles. The number of carbonyl (C=O) groups is 2. The molecule has 1 amide bonds. The molecule has 2 atom stereocenters. The van der Waals surface area contributed by atoms with Crippen molar-refractivity contribution in [3.8, 4) is 0 Å². The predicted molar refractivity (Wildman–Crippen MR) is 142 cm³/mol. The quantitative estimate of drug-likeness (QED) is 0.187. The standard InChI is InChI=1S/C29H33N3O5/c1-5-25(29(35)37-6-2)30-28(34)21-13-11-20(12-14-21)24(23-10-8-7-9-19(23)3)17-26(31-36)22-15-16-27(33)32(4)18-22/h7-16,18,24-25,36H,5-6,17H2,1-4H3,(H,30,34)/b31-26+. The van der Waals surface area contributed by atoms with Gasteiger partial charge in [-0.1, -0.05) is 48.5 Å². The maximum atomic E-state index is 12.8. The number of carbonyl (C=O) groups excluding carboxylic acids is 2. The van der Waals surface area contributed by atoms with E-state index in [1.807, 2.05) is 50.2 Å². The highest BCUT2D eigenvalue weighted by Gasteiger charge is 2.23. The zero-order valence-corrected chi connectivity index (χ0v) is 21.6. The second-order valence-corrected chi connectivity index (χ2v) is 8.84. The van der Waals surface area contributed by atoms with Crippen LogP contribution in [0.15, 0.2) is 76.8 Å². The molecule has 0 spiro atoms. The lowest BCUT2D eigenvalue weighted by Crippen LogP contribution is -2.41. The Hall–Kier alpha value is -4.20. The molecule has 8 nitrogen and oxygen atoms in total. The summed E-state index contributed by atoms with van der Waals surface area (Å²) in [5.74, 6) is -0.991. The molecule has 0 saturated heterocycles. The fraction of sp³-hybridized carbons (Fsp3) is 0.310. The third-order valence-corrected chi connectivity index (χ3v) is 6.36. The van der Waals surface area contributed by atoms with Crippen LogP contribution in [0.2, 0.25) is 0 Å². The Labute approximate surface area is 216 Å². The number of nitrogens with one attached hydrogen (secondary N) is 1. The molecule has 1 aromatic heterocycles. The van der Waals surface area contributed by atoms with E-state index in [0.29, 0.717) is 29.7 Å². The second-order valence-electron chi connectivity index (χ2n) is 8.84. The number of rotatable bonds is 10. The lowest BCUT2D eigenvalue weighted by Gasteiger charge is -2.21. The molecule has 194 valence electrons. The summed E-state index contributed by atoms with van der Waals surface area (Å²) >= 11 is 0. The van der Waals surface area contributed by atoms with E-state index in [9.17, 15) is 19.6 Å². The number of nitrogens with zero attached hydrogens (tertiary/aromatic N) is 2. The van der Waals surface area contributed by atoms with Crippen molar-refractivity contribution in [1.82, 2.24) is 9.88 Å². The molecule has 2 aromatic carbocycles. The van der Waals surface area contributed by atoms with Crippen molar-refractivity contribution < 1.29 is 19.5 Å². The molecule has 3 rings (SSSR count). The lowest BCUT2D eigenvalue weighted by molar-refractivity contribution is -0.145.